The lowest BCUT2D eigenvalue weighted by molar-refractivity contribution is -0.127. The highest BCUT2D eigenvalue weighted by Gasteiger charge is 2.38. The van der Waals surface area contributed by atoms with Crippen LogP contribution in [0.1, 0.15) is 51.0 Å². The van der Waals surface area contributed by atoms with Crippen molar-refractivity contribution in [1.82, 2.24) is 20.0 Å². The zero-order valence-electron chi connectivity index (χ0n) is 20.5. The molecule has 3 heterocycles. The van der Waals surface area contributed by atoms with Gasteiger partial charge >= 0.3 is 0 Å². The van der Waals surface area contributed by atoms with Gasteiger partial charge in [-0.2, -0.15) is 0 Å². The van der Waals surface area contributed by atoms with Gasteiger partial charge in [0.05, 0.1) is 12.2 Å². The van der Waals surface area contributed by atoms with E-state index in [1.54, 1.807) is 6.92 Å². The first kappa shape index (κ1) is 24.9. The van der Waals surface area contributed by atoms with Crippen molar-refractivity contribution in [2.45, 2.75) is 63.6 Å². The van der Waals surface area contributed by atoms with E-state index >= 15 is 0 Å². The molecule has 1 aromatic rings. The van der Waals surface area contributed by atoms with Crippen LogP contribution in [-0.2, 0) is 16.1 Å². The second-order valence-corrected chi connectivity index (χ2v) is 10.3. The number of benzene rings is 1. The van der Waals surface area contributed by atoms with Gasteiger partial charge in [0.25, 0.3) is 0 Å². The highest BCUT2D eigenvalue weighted by molar-refractivity contribution is 5.78. The van der Waals surface area contributed by atoms with Crippen LogP contribution >= 0.6 is 0 Å². The van der Waals surface area contributed by atoms with Crippen molar-refractivity contribution in [1.29, 1.82) is 0 Å². The molecule has 0 spiro atoms. The number of aliphatic hydroxyl groups is 1. The van der Waals surface area contributed by atoms with Crippen LogP contribution in [0.15, 0.2) is 24.3 Å². The van der Waals surface area contributed by atoms with Gasteiger partial charge in [-0.05, 0) is 49.8 Å². The molecule has 188 valence electrons. The van der Waals surface area contributed by atoms with Gasteiger partial charge in [-0.25, -0.2) is 0 Å². The molecule has 3 fully saturated rings. The molecule has 34 heavy (non-hydrogen) atoms. The van der Waals surface area contributed by atoms with Crippen molar-refractivity contribution in [2.75, 3.05) is 52.4 Å². The first-order valence-electron chi connectivity index (χ1n) is 12.8. The third-order valence-corrected chi connectivity index (χ3v) is 7.27. The molecule has 0 unspecified atom stereocenters. The molecule has 8 heteroatoms. The summed E-state index contributed by atoms with van der Waals surface area (Å²) in [6.07, 6.45) is 5.21. The Hall–Kier alpha value is -2.16. The molecular formula is C26H40N4O4. The van der Waals surface area contributed by atoms with Crippen molar-refractivity contribution in [3.05, 3.63) is 29.8 Å². The number of hydrogen-bond donors (Lipinski definition) is 2. The van der Waals surface area contributed by atoms with Crippen LogP contribution in [-0.4, -0.2) is 95.7 Å². The van der Waals surface area contributed by atoms with Crippen LogP contribution in [0, 0.1) is 0 Å². The van der Waals surface area contributed by atoms with Crippen molar-refractivity contribution < 1.29 is 19.4 Å². The summed E-state index contributed by atoms with van der Waals surface area (Å²) in [5, 5.41) is 14.2. The second kappa shape index (κ2) is 11.5. The summed E-state index contributed by atoms with van der Waals surface area (Å²) in [4.78, 5) is 29.5. The fourth-order valence-corrected chi connectivity index (χ4v) is 5.48. The zero-order valence-corrected chi connectivity index (χ0v) is 20.5. The summed E-state index contributed by atoms with van der Waals surface area (Å²) in [5.41, 5.74) is 0.552. The van der Waals surface area contributed by atoms with Crippen molar-refractivity contribution >= 4 is 11.8 Å². The maximum Gasteiger partial charge on any atom is 0.222 e. The molecule has 1 atom stereocenters. The second-order valence-electron chi connectivity index (χ2n) is 10.3. The third kappa shape index (κ3) is 7.17. The first-order valence-corrected chi connectivity index (χ1v) is 12.8. The van der Waals surface area contributed by atoms with Gasteiger partial charge in [0.15, 0.2) is 0 Å². The van der Waals surface area contributed by atoms with E-state index in [2.05, 4.69) is 27.2 Å². The summed E-state index contributed by atoms with van der Waals surface area (Å²) < 4.78 is 5.85. The maximum atomic E-state index is 11.7. The Labute approximate surface area is 203 Å². The van der Waals surface area contributed by atoms with Gasteiger partial charge < -0.3 is 25.0 Å². The Morgan fingerprint density at radius 1 is 1.15 bits per heavy atom. The standard InChI is InChI=1S/C26H40N4O4/c1-21(31)27-23-9-14-28(15-10-23)19-26(33)11-16-29(20-26)18-22-5-7-24(8-6-22)34-17-3-13-30-12-2-4-25(30)32/h5-8,23,33H,2-4,9-20H2,1H3,(H,27,31)/t26-/m0/s1. The predicted molar refractivity (Wildman–Crippen MR) is 130 cm³/mol. The van der Waals surface area contributed by atoms with E-state index in [-0.39, 0.29) is 17.9 Å². The number of nitrogens with one attached hydrogen (secondary N) is 1. The number of hydrogen-bond acceptors (Lipinski definition) is 6. The molecule has 3 aliphatic heterocycles. The average Bonchev–Trinajstić information content (AvgIpc) is 3.38. The Morgan fingerprint density at radius 2 is 1.91 bits per heavy atom. The molecule has 0 bridgehead atoms. The van der Waals surface area contributed by atoms with Crippen LogP contribution in [0.25, 0.3) is 0 Å². The number of piperidine rings is 1. The van der Waals surface area contributed by atoms with E-state index < -0.39 is 5.60 Å². The Morgan fingerprint density at radius 3 is 2.59 bits per heavy atom. The molecule has 0 saturated carbocycles. The van der Waals surface area contributed by atoms with E-state index in [0.717, 1.165) is 77.1 Å². The number of nitrogens with zero attached hydrogens (tertiary/aromatic N) is 3. The summed E-state index contributed by atoms with van der Waals surface area (Å²) in [7, 11) is 0. The fraction of sp³-hybridized carbons (Fsp3) is 0.692. The normalized spacial score (nSPS) is 24.6. The highest BCUT2D eigenvalue weighted by Crippen LogP contribution is 2.26. The van der Waals surface area contributed by atoms with Gasteiger partial charge in [-0.15, -0.1) is 0 Å². The van der Waals surface area contributed by atoms with Crippen LogP contribution < -0.4 is 10.1 Å². The lowest BCUT2D eigenvalue weighted by Gasteiger charge is -2.36. The number of amides is 2. The van der Waals surface area contributed by atoms with Crippen LogP contribution in [0.4, 0.5) is 0 Å². The summed E-state index contributed by atoms with van der Waals surface area (Å²) in [6, 6.07) is 8.49. The van der Waals surface area contributed by atoms with Gasteiger partial charge in [0, 0.05) is 71.7 Å². The minimum atomic E-state index is -0.666. The van der Waals surface area contributed by atoms with Crippen molar-refractivity contribution in [3.63, 3.8) is 0 Å². The molecule has 0 aromatic heterocycles. The molecule has 4 rings (SSSR count). The van der Waals surface area contributed by atoms with Crippen LogP contribution in [0.2, 0.25) is 0 Å². The third-order valence-electron chi connectivity index (χ3n) is 7.27. The van der Waals surface area contributed by atoms with Crippen LogP contribution in [0.3, 0.4) is 0 Å². The van der Waals surface area contributed by atoms with Gasteiger partial charge in [-0.3, -0.25) is 14.5 Å². The largest absolute Gasteiger partial charge is 0.494 e. The quantitative estimate of drug-likeness (QED) is 0.504. The fourth-order valence-electron chi connectivity index (χ4n) is 5.48. The average molecular weight is 473 g/mol. The molecular weight excluding hydrogens is 432 g/mol. The molecule has 2 N–H and O–H groups in total. The number of likely N-dealkylation sites (tertiary alicyclic amines) is 3. The maximum absolute atomic E-state index is 11.7. The molecule has 2 amide bonds. The number of rotatable bonds is 10. The Bertz CT molecular complexity index is 825. The van der Waals surface area contributed by atoms with Gasteiger partial charge in [-0.1, -0.05) is 12.1 Å². The molecule has 1 aromatic carbocycles. The summed E-state index contributed by atoms with van der Waals surface area (Å²) in [5.74, 6) is 1.17. The SMILES string of the molecule is CC(=O)NC1CCN(C[C@@]2(O)CCN(Cc3ccc(OCCCN4CCCC4=O)cc3)C2)CC1. The minimum Gasteiger partial charge on any atom is -0.494 e. The van der Waals surface area contributed by atoms with Gasteiger partial charge in [0.1, 0.15) is 5.75 Å². The molecule has 3 aliphatic rings. The number of ether oxygens (including phenoxy) is 1. The highest BCUT2D eigenvalue weighted by atomic mass is 16.5. The summed E-state index contributed by atoms with van der Waals surface area (Å²) in [6.45, 7) is 8.80. The lowest BCUT2D eigenvalue weighted by Crippen LogP contribution is -2.50. The summed E-state index contributed by atoms with van der Waals surface area (Å²) >= 11 is 0. The molecule has 0 radical (unpaired) electrons. The first-order chi connectivity index (χ1) is 16.4. The number of carbonyl (C=O) groups is 2. The monoisotopic (exact) mass is 472 g/mol. The predicted octanol–water partition coefficient (Wildman–Crippen LogP) is 1.62. The van der Waals surface area contributed by atoms with E-state index in [0.29, 0.717) is 26.1 Å². The molecule has 8 nitrogen and oxygen atoms in total. The minimum absolute atomic E-state index is 0.0401. The van der Waals surface area contributed by atoms with Crippen molar-refractivity contribution in [3.8, 4) is 5.75 Å². The molecule has 0 aliphatic carbocycles. The van der Waals surface area contributed by atoms with Crippen molar-refractivity contribution in [2.24, 2.45) is 0 Å². The Kier molecular flexibility index (Phi) is 8.45. The van der Waals surface area contributed by atoms with E-state index in [9.17, 15) is 14.7 Å². The lowest BCUT2D eigenvalue weighted by atomic mass is 9.99. The van der Waals surface area contributed by atoms with E-state index in [1.807, 2.05) is 17.0 Å². The van der Waals surface area contributed by atoms with Crippen LogP contribution in [0.5, 0.6) is 5.75 Å². The number of carbonyl (C=O) groups excluding carboxylic acids is 2. The topological polar surface area (TPSA) is 85.3 Å². The smallest absolute Gasteiger partial charge is 0.222 e. The van der Waals surface area contributed by atoms with Gasteiger partial charge in [0.2, 0.25) is 11.8 Å². The molecule has 3 saturated heterocycles. The van der Waals surface area contributed by atoms with E-state index in [1.165, 1.54) is 5.56 Å². The zero-order chi connectivity index (χ0) is 24.0. The number of β-amino-alcohol motifs (C(OH)–C–C–N with tert-alkyl or cyclic N) is 1. The Balaban J connectivity index is 1.15. The van der Waals surface area contributed by atoms with E-state index in [4.69, 9.17) is 4.74 Å².